The molecule has 3 rings (SSSR count). The van der Waals surface area contributed by atoms with Gasteiger partial charge in [-0.25, -0.2) is 9.78 Å². The molecular formula is C18H16N2O5S2. The third kappa shape index (κ3) is 4.63. The van der Waals surface area contributed by atoms with Crippen molar-refractivity contribution in [2.45, 2.75) is 0 Å². The summed E-state index contributed by atoms with van der Waals surface area (Å²) in [4.78, 5) is 29.4. The molecule has 27 heavy (non-hydrogen) atoms. The normalized spacial score (nSPS) is 10.3. The van der Waals surface area contributed by atoms with E-state index in [1.54, 1.807) is 23.6 Å². The van der Waals surface area contributed by atoms with Gasteiger partial charge in [-0.3, -0.25) is 4.79 Å². The number of amides is 1. The van der Waals surface area contributed by atoms with Gasteiger partial charge in [-0.1, -0.05) is 6.07 Å². The summed E-state index contributed by atoms with van der Waals surface area (Å²) < 4.78 is 15.4. The van der Waals surface area contributed by atoms with Gasteiger partial charge in [0.15, 0.2) is 12.3 Å². The van der Waals surface area contributed by atoms with Gasteiger partial charge in [0.05, 0.1) is 24.8 Å². The highest BCUT2D eigenvalue weighted by atomic mass is 32.1. The summed E-state index contributed by atoms with van der Waals surface area (Å²) in [5, 5.41) is 6.92. The van der Waals surface area contributed by atoms with Crippen LogP contribution >= 0.6 is 22.7 Å². The molecule has 2 aromatic heterocycles. The number of thiazole rings is 1. The van der Waals surface area contributed by atoms with Crippen molar-refractivity contribution in [2.24, 2.45) is 0 Å². The monoisotopic (exact) mass is 404 g/mol. The summed E-state index contributed by atoms with van der Waals surface area (Å²) in [6.07, 6.45) is 0. The summed E-state index contributed by atoms with van der Waals surface area (Å²) in [6, 6.07) is 8.83. The van der Waals surface area contributed by atoms with Crippen molar-refractivity contribution < 1.29 is 23.8 Å². The van der Waals surface area contributed by atoms with Gasteiger partial charge in [-0.05, 0) is 23.6 Å². The van der Waals surface area contributed by atoms with Crippen LogP contribution in [-0.4, -0.2) is 37.7 Å². The lowest BCUT2D eigenvalue weighted by Gasteiger charge is -2.11. The van der Waals surface area contributed by atoms with Gasteiger partial charge in [-0.15, -0.1) is 22.7 Å². The number of esters is 1. The lowest BCUT2D eigenvalue weighted by Crippen LogP contribution is -2.21. The number of aromatic nitrogens is 1. The molecule has 0 aliphatic heterocycles. The Morgan fingerprint density at radius 2 is 2.00 bits per heavy atom. The van der Waals surface area contributed by atoms with E-state index in [4.69, 9.17) is 14.2 Å². The minimum absolute atomic E-state index is 0.176. The lowest BCUT2D eigenvalue weighted by atomic mass is 10.2. The van der Waals surface area contributed by atoms with E-state index in [1.807, 2.05) is 17.5 Å². The van der Waals surface area contributed by atoms with E-state index in [0.29, 0.717) is 17.2 Å². The van der Waals surface area contributed by atoms with Crippen molar-refractivity contribution in [2.75, 3.05) is 26.1 Å². The number of hydrogen-bond donors (Lipinski definition) is 1. The number of methoxy groups -OCH3 is 2. The van der Waals surface area contributed by atoms with Crippen molar-refractivity contribution in [3.05, 3.63) is 46.8 Å². The highest BCUT2D eigenvalue weighted by Crippen LogP contribution is 2.29. The molecular weight excluding hydrogens is 388 g/mol. The average molecular weight is 404 g/mol. The molecule has 9 heteroatoms. The molecule has 0 aliphatic rings. The van der Waals surface area contributed by atoms with Crippen LogP contribution in [0.15, 0.2) is 41.1 Å². The smallest absolute Gasteiger partial charge is 0.358 e. The standard InChI is InChI=1S/C18H16N2O5S2/c1-23-11-5-6-14(24-2)12(8-11)19-16(21)9-25-18(22)13-10-27-17(20-13)15-4-3-7-26-15/h3-8,10H,9H2,1-2H3,(H,19,21). The van der Waals surface area contributed by atoms with E-state index in [-0.39, 0.29) is 5.69 Å². The van der Waals surface area contributed by atoms with E-state index >= 15 is 0 Å². The van der Waals surface area contributed by atoms with Gasteiger partial charge in [0, 0.05) is 11.4 Å². The highest BCUT2D eigenvalue weighted by Gasteiger charge is 2.16. The molecule has 7 nitrogen and oxygen atoms in total. The maximum Gasteiger partial charge on any atom is 0.358 e. The van der Waals surface area contributed by atoms with Crippen LogP contribution in [0.25, 0.3) is 9.88 Å². The number of nitrogens with one attached hydrogen (secondary N) is 1. The highest BCUT2D eigenvalue weighted by molar-refractivity contribution is 7.20. The Bertz CT molecular complexity index is 937. The molecule has 3 aromatic rings. The van der Waals surface area contributed by atoms with E-state index in [9.17, 15) is 9.59 Å². The average Bonchev–Trinajstić information content (AvgIpc) is 3.37. The summed E-state index contributed by atoms with van der Waals surface area (Å²) in [6.45, 7) is -0.439. The van der Waals surface area contributed by atoms with E-state index in [1.165, 1.54) is 36.9 Å². The van der Waals surface area contributed by atoms with Crippen molar-refractivity contribution in [3.8, 4) is 21.4 Å². The summed E-state index contributed by atoms with van der Waals surface area (Å²) in [5.74, 6) is -0.118. The van der Waals surface area contributed by atoms with E-state index in [0.717, 1.165) is 9.88 Å². The van der Waals surface area contributed by atoms with Crippen LogP contribution < -0.4 is 14.8 Å². The van der Waals surface area contributed by atoms with Crippen LogP contribution in [0.1, 0.15) is 10.5 Å². The second-order valence-corrected chi connectivity index (χ2v) is 7.01. The minimum atomic E-state index is -0.651. The molecule has 140 valence electrons. The molecule has 0 spiro atoms. The largest absolute Gasteiger partial charge is 0.497 e. The van der Waals surface area contributed by atoms with Crippen molar-refractivity contribution in [3.63, 3.8) is 0 Å². The molecule has 0 radical (unpaired) electrons. The number of hydrogen-bond acceptors (Lipinski definition) is 8. The number of nitrogens with zero attached hydrogens (tertiary/aromatic N) is 1. The summed E-state index contributed by atoms with van der Waals surface area (Å²) in [7, 11) is 3.01. The molecule has 0 saturated carbocycles. The van der Waals surface area contributed by atoms with E-state index < -0.39 is 18.5 Å². The van der Waals surface area contributed by atoms with Gasteiger partial charge in [-0.2, -0.15) is 0 Å². The third-order valence-electron chi connectivity index (χ3n) is 3.46. The fraction of sp³-hybridized carbons (Fsp3) is 0.167. The maximum atomic E-state index is 12.1. The maximum absolute atomic E-state index is 12.1. The molecule has 1 aromatic carbocycles. The Hall–Kier alpha value is -2.91. The van der Waals surface area contributed by atoms with Crippen LogP contribution in [0, 0.1) is 0 Å². The number of carbonyl (C=O) groups is 2. The number of rotatable bonds is 7. The summed E-state index contributed by atoms with van der Waals surface area (Å²) >= 11 is 2.89. The molecule has 1 amide bonds. The van der Waals surface area contributed by atoms with E-state index in [2.05, 4.69) is 10.3 Å². The number of anilines is 1. The number of thiophene rings is 1. The first-order chi connectivity index (χ1) is 13.1. The quantitative estimate of drug-likeness (QED) is 0.605. The fourth-order valence-corrected chi connectivity index (χ4v) is 3.79. The first kappa shape index (κ1) is 18.9. The molecule has 0 atom stereocenters. The second-order valence-electron chi connectivity index (χ2n) is 5.21. The Morgan fingerprint density at radius 3 is 2.70 bits per heavy atom. The number of ether oxygens (including phenoxy) is 3. The molecule has 0 saturated heterocycles. The zero-order valence-electron chi connectivity index (χ0n) is 14.6. The zero-order chi connectivity index (χ0) is 19.2. The van der Waals surface area contributed by atoms with Gasteiger partial charge < -0.3 is 19.5 Å². The fourth-order valence-electron chi connectivity index (χ4n) is 2.18. The van der Waals surface area contributed by atoms with Crippen LogP contribution in [0.4, 0.5) is 5.69 Å². The van der Waals surface area contributed by atoms with Crippen molar-refractivity contribution in [1.82, 2.24) is 4.98 Å². The van der Waals surface area contributed by atoms with Gasteiger partial charge in [0.1, 0.15) is 16.5 Å². The summed E-state index contributed by atoms with van der Waals surface area (Å²) in [5.41, 5.74) is 0.599. The van der Waals surface area contributed by atoms with Crippen molar-refractivity contribution in [1.29, 1.82) is 0 Å². The van der Waals surface area contributed by atoms with Crippen LogP contribution in [0.2, 0.25) is 0 Å². The molecule has 0 unspecified atom stereocenters. The molecule has 2 heterocycles. The van der Waals surface area contributed by atoms with Crippen LogP contribution in [0.5, 0.6) is 11.5 Å². The molecule has 0 aliphatic carbocycles. The second kappa shape index (κ2) is 8.65. The lowest BCUT2D eigenvalue weighted by molar-refractivity contribution is -0.119. The predicted molar refractivity (Wildman–Crippen MR) is 104 cm³/mol. The Kier molecular flexibility index (Phi) is 6.05. The molecule has 1 N–H and O–H groups in total. The van der Waals surface area contributed by atoms with Crippen LogP contribution in [0.3, 0.4) is 0 Å². The first-order valence-electron chi connectivity index (χ1n) is 7.79. The first-order valence-corrected chi connectivity index (χ1v) is 9.55. The molecule has 0 bridgehead atoms. The Morgan fingerprint density at radius 1 is 1.15 bits per heavy atom. The molecule has 0 fully saturated rings. The third-order valence-corrected chi connectivity index (χ3v) is 5.34. The van der Waals surface area contributed by atoms with Crippen molar-refractivity contribution >= 4 is 40.2 Å². The topological polar surface area (TPSA) is 86.8 Å². The predicted octanol–water partition coefficient (Wildman–Crippen LogP) is 3.68. The van der Waals surface area contributed by atoms with Gasteiger partial charge in [0.25, 0.3) is 5.91 Å². The van der Waals surface area contributed by atoms with Crippen LogP contribution in [-0.2, 0) is 9.53 Å². The Labute approximate surface area is 163 Å². The van der Waals surface area contributed by atoms with Gasteiger partial charge in [0.2, 0.25) is 0 Å². The number of carbonyl (C=O) groups excluding carboxylic acids is 2. The van der Waals surface area contributed by atoms with Gasteiger partial charge >= 0.3 is 5.97 Å². The number of benzene rings is 1. The minimum Gasteiger partial charge on any atom is -0.497 e. The zero-order valence-corrected chi connectivity index (χ0v) is 16.2. The Balaban J connectivity index is 1.58. The SMILES string of the molecule is COc1ccc(OC)c(NC(=O)COC(=O)c2csc(-c3cccs3)n2)c1.